The molecule has 1 aromatic carbocycles. The van der Waals surface area contributed by atoms with Crippen molar-refractivity contribution < 1.29 is 13.9 Å². The summed E-state index contributed by atoms with van der Waals surface area (Å²) in [6.07, 6.45) is 1.70. The molecule has 5 nitrogen and oxygen atoms in total. The van der Waals surface area contributed by atoms with Gasteiger partial charge < -0.3 is 19.4 Å². The molecule has 1 aromatic heterocycles. The molecule has 2 rings (SSSR count). The van der Waals surface area contributed by atoms with E-state index in [1.165, 1.54) is 0 Å². The number of nitrogens with one attached hydrogen (secondary N) is 2. The highest BCUT2D eigenvalue weighted by atomic mass is 32.2. The number of amides is 1. The summed E-state index contributed by atoms with van der Waals surface area (Å²) in [6, 6.07) is 8.19. The van der Waals surface area contributed by atoms with E-state index in [0.29, 0.717) is 45.3 Å². The molecule has 0 aliphatic heterocycles. The summed E-state index contributed by atoms with van der Waals surface area (Å²) >= 11 is 1.03. The molecule has 94 valence electrons. The zero-order chi connectivity index (χ0) is 13.0. The molecule has 0 aliphatic carbocycles. The first kappa shape index (κ1) is 13.0. The second-order valence-corrected chi connectivity index (χ2v) is 4.65. The summed E-state index contributed by atoms with van der Waals surface area (Å²) in [7, 11) is 0. The van der Waals surface area contributed by atoms with Crippen molar-refractivity contribution in [2.75, 3.05) is 5.32 Å². The molecule has 1 amide bonds. The van der Waals surface area contributed by atoms with E-state index in [9.17, 15) is 4.79 Å². The zero-order valence-electron chi connectivity index (χ0n) is 9.08. The zero-order valence-corrected chi connectivity index (χ0v) is 10.7. The number of carbonyl (C=O) groups is 1. The Bertz CT molecular complexity index is 543. The van der Waals surface area contributed by atoms with E-state index in [1.807, 2.05) is 0 Å². The van der Waals surface area contributed by atoms with Crippen LogP contribution in [-0.4, -0.2) is 20.0 Å². The Kier molecular flexibility index (Phi) is 4.32. The van der Waals surface area contributed by atoms with Gasteiger partial charge in [-0.2, -0.15) is 0 Å². The number of rotatable bonds is 4. The normalized spacial score (nSPS) is 10.3. The lowest BCUT2D eigenvalue weighted by Crippen LogP contribution is -2.13. The van der Waals surface area contributed by atoms with Gasteiger partial charge >= 0.3 is 0 Å². The quantitative estimate of drug-likeness (QED) is 0.646. The molecule has 2 aromatic rings. The lowest BCUT2D eigenvalue weighted by molar-refractivity contribution is 0.102. The highest BCUT2D eigenvalue weighted by molar-refractivity contribution is 7.94. The number of anilines is 1. The van der Waals surface area contributed by atoms with Gasteiger partial charge in [0.05, 0.1) is 5.56 Å². The van der Waals surface area contributed by atoms with Gasteiger partial charge in [0, 0.05) is 40.1 Å². The standard InChI is InChI=1S/C11H10N2O3S2/c14-11(13-10-2-1-5-12-10)8-4-3-7(17-15)6-9(8)18-16/h1-6,12,15-16H,(H,13,14). The molecule has 0 saturated carbocycles. The molecule has 0 aliphatic rings. The largest absolute Gasteiger partial charge is 0.348 e. The maximum Gasteiger partial charge on any atom is 0.257 e. The van der Waals surface area contributed by atoms with Gasteiger partial charge in [-0.15, -0.1) is 0 Å². The molecular formula is C11H10N2O3S2. The molecule has 7 heteroatoms. The van der Waals surface area contributed by atoms with Crippen LogP contribution in [0.4, 0.5) is 5.82 Å². The fourth-order valence-corrected chi connectivity index (χ4v) is 2.23. The number of carbonyl (C=O) groups excluding carboxylic acids is 1. The van der Waals surface area contributed by atoms with Crippen LogP contribution in [0.1, 0.15) is 10.4 Å². The van der Waals surface area contributed by atoms with Crippen molar-refractivity contribution in [1.29, 1.82) is 0 Å². The summed E-state index contributed by atoms with van der Waals surface area (Å²) in [5.74, 6) is 0.248. The van der Waals surface area contributed by atoms with Gasteiger partial charge in [-0.25, -0.2) is 0 Å². The predicted molar refractivity (Wildman–Crippen MR) is 72.2 cm³/mol. The number of benzene rings is 1. The van der Waals surface area contributed by atoms with Crippen molar-refractivity contribution in [3.05, 3.63) is 42.1 Å². The molecule has 0 radical (unpaired) electrons. The first-order valence-electron chi connectivity index (χ1n) is 4.96. The number of hydrogen-bond donors (Lipinski definition) is 4. The van der Waals surface area contributed by atoms with Crippen molar-refractivity contribution >= 4 is 35.8 Å². The smallest absolute Gasteiger partial charge is 0.257 e. The van der Waals surface area contributed by atoms with Gasteiger partial charge in [-0.05, 0) is 30.3 Å². The third-order valence-corrected chi connectivity index (χ3v) is 3.25. The topological polar surface area (TPSA) is 85.4 Å². The van der Waals surface area contributed by atoms with E-state index in [2.05, 4.69) is 10.3 Å². The summed E-state index contributed by atoms with van der Waals surface area (Å²) in [4.78, 5) is 15.8. The monoisotopic (exact) mass is 282 g/mol. The van der Waals surface area contributed by atoms with Crippen molar-refractivity contribution in [3.8, 4) is 0 Å². The molecule has 18 heavy (non-hydrogen) atoms. The predicted octanol–water partition coefficient (Wildman–Crippen LogP) is 3.40. The van der Waals surface area contributed by atoms with Crippen LogP contribution in [0.25, 0.3) is 0 Å². The lowest BCUT2D eigenvalue weighted by Gasteiger charge is -2.07. The summed E-state index contributed by atoms with van der Waals surface area (Å²) in [5.41, 5.74) is 0.343. The Balaban J connectivity index is 2.24. The van der Waals surface area contributed by atoms with Gasteiger partial charge in [0.25, 0.3) is 5.91 Å². The van der Waals surface area contributed by atoms with Crippen LogP contribution in [0.15, 0.2) is 46.3 Å². The number of aromatic amines is 1. The highest BCUT2D eigenvalue weighted by Crippen LogP contribution is 2.26. The molecule has 0 unspecified atom stereocenters. The van der Waals surface area contributed by atoms with Crippen LogP contribution in [-0.2, 0) is 0 Å². The molecule has 0 fully saturated rings. The third kappa shape index (κ3) is 2.88. The van der Waals surface area contributed by atoms with Crippen LogP contribution in [0, 0.1) is 0 Å². The van der Waals surface area contributed by atoms with E-state index in [4.69, 9.17) is 9.11 Å². The fourth-order valence-electron chi connectivity index (χ4n) is 1.42. The van der Waals surface area contributed by atoms with E-state index in [1.54, 1.807) is 36.5 Å². The van der Waals surface area contributed by atoms with E-state index >= 15 is 0 Å². The first-order valence-corrected chi connectivity index (χ1v) is 6.51. The lowest BCUT2D eigenvalue weighted by atomic mass is 10.2. The average molecular weight is 282 g/mol. The van der Waals surface area contributed by atoms with Gasteiger partial charge in [0.1, 0.15) is 5.82 Å². The molecule has 1 heterocycles. The second-order valence-electron chi connectivity index (χ2n) is 3.38. The summed E-state index contributed by atoms with van der Waals surface area (Å²) < 4.78 is 18.1. The molecular weight excluding hydrogens is 272 g/mol. The summed E-state index contributed by atoms with van der Waals surface area (Å²) in [5, 5.41) is 2.66. The van der Waals surface area contributed by atoms with Crippen LogP contribution < -0.4 is 5.32 Å². The van der Waals surface area contributed by atoms with Crippen molar-refractivity contribution in [1.82, 2.24) is 4.98 Å². The number of aromatic nitrogens is 1. The minimum atomic E-state index is -0.330. The van der Waals surface area contributed by atoms with Gasteiger partial charge in [-0.3, -0.25) is 4.79 Å². The first-order chi connectivity index (χ1) is 8.74. The van der Waals surface area contributed by atoms with Gasteiger partial charge in [0.15, 0.2) is 0 Å². The Labute approximate surface area is 112 Å². The Morgan fingerprint density at radius 3 is 2.67 bits per heavy atom. The fraction of sp³-hybridized carbons (Fsp3) is 0. The van der Waals surface area contributed by atoms with E-state index in [-0.39, 0.29) is 5.91 Å². The minimum absolute atomic E-state index is 0.330. The average Bonchev–Trinajstić information content (AvgIpc) is 2.90. The maximum absolute atomic E-state index is 12.0. The van der Waals surface area contributed by atoms with E-state index in [0.717, 1.165) is 0 Å². The Morgan fingerprint density at radius 1 is 1.22 bits per heavy atom. The Hall–Kier alpha value is -1.41. The van der Waals surface area contributed by atoms with Crippen LogP contribution >= 0.6 is 24.1 Å². The summed E-state index contributed by atoms with van der Waals surface area (Å²) in [6.45, 7) is 0. The van der Waals surface area contributed by atoms with Crippen molar-refractivity contribution in [3.63, 3.8) is 0 Å². The van der Waals surface area contributed by atoms with Gasteiger partial charge in [0.2, 0.25) is 0 Å². The highest BCUT2D eigenvalue weighted by Gasteiger charge is 2.13. The van der Waals surface area contributed by atoms with Gasteiger partial charge in [-0.1, -0.05) is 0 Å². The van der Waals surface area contributed by atoms with Crippen molar-refractivity contribution in [2.45, 2.75) is 9.79 Å². The molecule has 0 spiro atoms. The van der Waals surface area contributed by atoms with Crippen LogP contribution in [0.3, 0.4) is 0 Å². The molecule has 4 N–H and O–H groups in total. The van der Waals surface area contributed by atoms with Crippen LogP contribution in [0.2, 0.25) is 0 Å². The number of hydrogen-bond acceptors (Lipinski definition) is 5. The van der Waals surface area contributed by atoms with E-state index < -0.39 is 0 Å². The molecule has 0 saturated heterocycles. The number of H-pyrrole nitrogens is 1. The Morgan fingerprint density at radius 2 is 2.06 bits per heavy atom. The third-order valence-electron chi connectivity index (χ3n) is 2.25. The maximum atomic E-state index is 12.0. The molecule has 0 bridgehead atoms. The van der Waals surface area contributed by atoms with Crippen LogP contribution in [0.5, 0.6) is 0 Å². The molecule has 0 atom stereocenters. The SMILES string of the molecule is O=C(Nc1ccc[nH]1)c1ccc(SO)cc1SO. The minimum Gasteiger partial charge on any atom is -0.348 e. The second kappa shape index (κ2) is 5.96. The van der Waals surface area contributed by atoms with Crippen molar-refractivity contribution in [2.24, 2.45) is 0 Å².